The highest BCUT2D eigenvalue weighted by atomic mass is 32.2. The zero-order valence-corrected chi connectivity index (χ0v) is 10.1. The van der Waals surface area contributed by atoms with E-state index in [1.165, 1.54) is 35.3 Å². The SMILES string of the molecule is C=C1C2=C(Sc3nsnc3S2)C(=O)N1C. The third kappa shape index (κ3) is 1.20. The van der Waals surface area contributed by atoms with Gasteiger partial charge in [0.1, 0.15) is 10.1 Å². The summed E-state index contributed by atoms with van der Waals surface area (Å²) in [5.41, 5.74) is 0.756. The Morgan fingerprint density at radius 1 is 1.20 bits per heavy atom. The van der Waals surface area contributed by atoms with Crippen LogP contribution in [0.2, 0.25) is 0 Å². The molecule has 4 nitrogen and oxygen atoms in total. The van der Waals surface area contributed by atoms with Crippen LogP contribution in [0.5, 0.6) is 0 Å². The molecule has 0 bridgehead atoms. The van der Waals surface area contributed by atoms with Gasteiger partial charge in [-0.15, -0.1) is 0 Å². The molecule has 0 radical (unpaired) electrons. The lowest BCUT2D eigenvalue weighted by molar-refractivity contribution is -0.122. The van der Waals surface area contributed by atoms with Crippen LogP contribution in [-0.2, 0) is 4.79 Å². The van der Waals surface area contributed by atoms with Gasteiger partial charge in [-0.3, -0.25) is 4.79 Å². The van der Waals surface area contributed by atoms with Gasteiger partial charge in [-0.05, 0) is 0 Å². The molecule has 1 amide bonds. The fourth-order valence-corrected chi connectivity index (χ4v) is 4.34. The molecule has 0 aromatic carbocycles. The summed E-state index contributed by atoms with van der Waals surface area (Å²) in [5, 5.41) is 1.72. The summed E-state index contributed by atoms with van der Waals surface area (Å²) in [6.45, 7) is 3.90. The van der Waals surface area contributed by atoms with Crippen molar-refractivity contribution in [3.05, 3.63) is 22.1 Å². The molecule has 76 valence electrons. The molecule has 3 rings (SSSR count). The van der Waals surface area contributed by atoms with Crippen LogP contribution in [0.15, 0.2) is 32.1 Å². The van der Waals surface area contributed by atoms with Gasteiger partial charge in [-0.1, -0.05) is 30.1 Å². The van der Waals surface area contributed by atoms with Gasteiger partial charge in [-0.2, -0.15) is 8.75 Å². The largest absolute Gasteiger partial charge is 0.310 e. The zero-order chi connectivity index (χ0) is 10.6. The summed E-state index contributed by atoms with van der Waals surface area (Å²) < 4.78 is 8.31. The lowest BCUT2D eigenvalue weighted by Gasteiger charge is -2.10. The first kappa shape index (κ1) is 9.44. The van der Waals surface area contributed by atoms with Gasteiger partial charge in [-0.25, -0.2) is 0 Å². The molecule has 0 saturated heterocycles. The molecule has 1 aromatic rings. The predicted molar refractivity (Wildman–Crippen MR) is 60.6 cm³/mol. The summed E-state index contributed by atoms with van der Waals surface area (Å²) in [4.78, 5) is 15.0. The highest BCUT2D eigenvalue weighted by Crippen LogP contribution is 2.51. The topological polar surface area (TPSA) is 46.1 Å². The van der Waals surface area contributed by atoms with E-state index in [1.807, 2.05) is 0 Å². The van der Waals surface area contributed by atoms with Gasteiger partial charge in [0.05, 0.1) is 27.2 Å². The van der Waals surface area contributed by atoms with Gasteiger partial charge in [0, 0.05) is 7.05 Å². The summed E-state index contributed by atoms with van der Waals surface area (Å²) in [7, 11) is 1.73. The first-order valence-corrected chi connectivity index (χ1v) is 6.44. The molecule has 0 fully saturated rings. The number of carbonyl (C=O) groups is 1. The molecule has 15 heavy (non-hydrogen) atoms. The molecule has 1 aromatic heterocycles. The van der Waals surface area contributed by atoms with Crippen molar-refractivity contribution in [3.8, 4) is 0 Å². The van der Waals surface area contributed by atoms with Gasteiger partial charge in [0.25, 0.3) is 5.91 Å². The monoisotopic (exact) mass is 255 g/mol. The van der Waals surface area contributed by atoms with E-state index < -0.39 is 0 Å². The molecule has 2 aliphatic rings. The summed E-state index contributed by atoms with van der Waals surface area (Å²) in [6.07, 6.45) is 0. The second kappa shape index (κ2) is 3.10. The molecule has 3 heterocycles. The van der Waals surface area contributed by atoms with E-state index in [0.717, 1.165) is 25.6 Å². The Morgan fingerprint density at radius 2 is 1.80 bits per heavy atom. The van der Waals surface area contributed by atoms with Crippen LogP contribution in [0.3, 0.4) is 0 Å². The number of hydrogen-bond donors (Lipinski definition) is 0. The van der Waals surface area contributed by atoms with E-state index in [4.69, 9.17) is 0 Å². The Bertz CT molecular complexity index is 476. The van der Waals surface area contributed by atoms with Crippen molar-refractivity contribution in [1.29, 1.82) is 0 Å². The number of rotatable bonds is 0. The van der Waals surface area contributed by atoms with Crippen molar-refractivity contribution >= 4 is 41.2 Å². The number of aromatic nitrogens is 2. The first-order chi connectivity index (χ1) is 7.18. The molecular formula is C8H5N3OS3. The molecule has 0 atom stereocenters. The average Bonchev–Trinajstić information content (AvgIpc) is 2.77. The standard InChI is InChI=1S/C8H5N3OS3/c1-3-4-5(8(12)11(3)2)14-7-6(13-4)9-15-10-7/h1H2,2H3. The maximum absolute atomic E-state index is 11.8. The van der Waals surface area contributed by atoms with E-state index in [2.05, 4.69) is 15.3 Å². The van der Waals surface area contributed by atoms with Crippen molar-refractivity contribution in [3.63, 3.8) is 0 Å². The Labute approximate surface area is 98.8 Å². The van der Waals surface area contributed by atoms with Crippen LogP contribution in [0.1, 0.15) is 0 Å². The van der Waals surface area contributed by atoms with Crippen LogP contribution < -0.4 is 0 Å². The highest BCUT2D eigenvalue weighted by Gasteiger charge is 2.37. The number of amides is 1. The quantitative estimate of drug-likeness (QED) is 0.709. The van der Waals surface area contributed by atoms with Gasteiger partial charge >= 0.3 is 0 Å². The first-order valence-electron chi connectivity index (χ1n) is 4.08. The molecule has 0 aliphatic carbocycles. The Balaban J connectivity index is 2.09. The molecule has 0 N–H and O–H groups in total. The fourth-order valence-electron chi connectivity index (χ4n) is 1.34. The number of fused-ring (bicyclic) bond motifs is 1. The minimum Gasteiger partial charge on any atom is -0.310 e. The van der Waals surface area contributed by atoms with Crippen molar-refractivity contribution in [2.75, 3.05) is 7.05 Å². The average molecular weight is 255 g/mol. The van der Waals surface area contributed by atoms with Gasteiger partial charge in [0.15, 0.2) is 0 Å². The van der Waals surface area contributed by atoms with E-state index in [-0.39, 0.29) is 5.91 Å². The predicted octanol–water partition coefficient (Wildman–Crippen LogP) is 1.93. The lowest BCUT2D eigenvalue weighted by atomic mass is 10.5. The van der Waals surface area contributed by atoms with Gasteiger partial charge in [0.2, 0.25) is 0 Å². The maximum atomic E-state index is 11.8. The Hall–Kier alpha value is -0.790. The van der Waals surface area contributed by atoms with Crippen LogP contribution in [-0.4, -0.2) is 26.6 Å². The molecular weight excluding hydrogens is 250 g/mol. The van der Waals surface area contributed by atoms with Crippen molar-refractivity contribution in [1.82, 2.24) is 13.6 Å². The fraction of sp³-hybridized carbons (Fsp3) is 0.125. The third-order valence-electron chi connectivity index (χ3n) is 2.20. The normalized spacial score (nSPS) is 19.7. The number of thioether (sulfide) groups is 2. The van der Waals surface area contributed by atoms with Crippen LogP contribution >= 0.6 is 35.3 Å². The third-order valence-corrected chi connectivity index (χ3v) is 5.40. The number of hydrogen-bond acceptors (Lipinski definition) is 6. The summed E-state index contributed by atoms with van der Waals surface area (Å²) in [5.74, 6) is 0.00569. The second-order valence-corrected chi connectivity index (χ2v) is 5.57. The maximum Gasteiger partial charge on any atom is 0.266 e. The number of nitrogens with zero attached hydrogens (tertiary/aromatic N) is 3. The summed E-state index contributed by atoms with van der Waals surface area (Å²) in [6, 6.07) is 0. The van der Waals surface area contributed by atoms with E-state index in [9.17, 15) is 4.79 Å². The minimum atomic E-state index is 0.00569. The molecule has 2 aliphatic heterocycles. The highest BCUT2D eigenvalue weighted by molar-refractivity contribution is 8.10. The number of carbonyl (C=O) groups excluding carboxylic acids is 1. The molecule has 0 unspecified atom stereocenters. The molecule has 0 saturated carbocycles. The van der Waals surface area contributed by atoms with E-state index in [0.29, 0.717) is 0 Å². The molecule has 0 spiro atoms. The van der Waals surface area contributed by atoms with E-state index >= 15 is 0 Å². The van der Waals surface area contributed by atoms with Gasteiger partial charge < -0.3 is 4.90 Å². The van der Waals surface area contributed by atoms with Crippen LogP contribution in [0, 0.1) is 0 Å². The van der Waals surface area contributed by atoms with Crippen LogP contribution in [0.25, 0.3) is 0 Å². The Morgan fingerprint density at radius 3 is 2.47 bits per heavy atom. The molecule has 7 heteroatoms. The second-order valence-electron chi connectivity index (χ2n) is 3.05. The van der Waals surface area contributed by atoms with Crippen molar-refractivity contribution in [2.24, 2.45) is 0 Å². The zero-order valence-electron chi connectivity index (χ0n) is 7.68. The summed E-state index contributed by atoms with van der Waals surface area (Å²) >= 11 is 4.05. The minimum absolute atomic E-state index is 0.00569. The van der Waals surface area contributed by atoms with E-state index in [1.54, 1.807) is 11.9 Å². The lowest BCUT2D eigenvalue weighted by Crippen LogP contribution is -2.19. The number of likely N-dealkylation sites (N-methyl/N-ethyl adjacent to an activating group) is 1. The van der Waals surface area contributed by atoms with Crippen molar-refractivity contribution < 1.29 is 4.79 Å². The Kier molecular flexibility index (Phi) is 1.95. The van der Waals surface area contributed by atoms with Crippen molar-refractivity contribution in [2.45, 2.75) is 10.1 Å². The smallest absolute Gasteiger partial charge is 0.266 e. The van der Waals surface area contributed by atoms with Crippen LogP contribution in [0.4, 0.5) is 0 Å².